The summed E-state index contributed by atoms with van der Waals surface area (Å²) >= 11 is 34.3. The quantitative estimate of drug-likeness (QED) is 0.424. The minimum atomic E-state index is -4.77. The van der Waals surface area contributed by atoms with Crippen LogP contribution in [0.2, 0.25) is 0 Å². The van der Waals surface area contributed by atoms with E-state index in [9.17, 15) is 9.46 Å². The van der Waals surface area contributed by atoms with Gasteiger partial charge < -0.3 is 4.89 Å². The Kier molecular flexibility index (Phi) is 8.69. The van der Waals surface area contributed by atoms with Crippen LogP contribution in [0, 0.1) is 0 Å². The molecule has 116 valence electrons. The average molecular weight is 417 g/mol. The van der Waals surface area contributed by atoms with Crippen LogP contribution in [-0.4, -0.2) is 24.7 Å². The molecule has 11 heteroatoms. The van der Waals surface area contributed by atoms with Gasteiger partial charge in [-0.15, -0.1) is 23.2 Å². The summed E-state index contributed by atoms with van der Waals surface area (Å²) in [7, 11) is -4.77. The predicted molar refractivity (Wildman–Crippen MR) is 80.7 cm³/mol. The Morgan fingerprint density at radius 2 is 1.26 bits per heavy atom. The smallest absolute Gasteiger partial charge is 0.302 e. The van der Waals surface area contributed by atoms with Crippen molar-refractivity contribution < 1.29 is 18.5 Å². The zero-order valence-electron chi connectivity index (χ0n) is 9.96. The summed E-state index contributed by atoms with van der Waals surface area (Å²) in [6.07, 6.45) is 0.572. The third-order valence-corrected chi connectivity index (χ3v) is 6.43. The van der Waals surface area contributed by atoms with Gasteiger partial charge in [0, 0.05) is 0 Å². The molecule has 4 nitrogen and oxygen atoms in total. The molecule has 0 rings (SSSR count). The number of phosphoric ester groups is 1. The number of hydrogen-bond acceptors (Lipinski definition) is 3. The van der Waals surface area contributed by atoms with E-state index in [0.717, 1.165) is 0 Å². The van der Waals surface area contributed by atoms with Gasteiger partial charge in [0.25, 0.3) is 0 Å². The molecule has 0 saturated carbocycles. The molecule has 0 radical (unpaired) electrons. The molecule has 0 aliphatic rings. The molecule has 0 amide bonds. The first kappa shape index (κ1) is 20.9. The SMILES string of the molecule is CCC(Cl)C(Cl)(Cl)OP(=O)(O)OC(Cl)(Cl)C(Cl)CC. The van der Waals surface area contributed by atoms with Crippen LogP contribution in [-0.2, 0) is 13.6 Å². The van der Waals surface area contributed by atoms with Crippen molar-refractivity contribution in [2.75, 3.05) is 0 Å². The van der Waals surface area contributed by atoms with E-state index in [4.69, 9.17) is 69.6 Å². The highest BCUT2D eigenvalue weighted by molar-refractivity contribution is 7.47. The predicted octanol–water partition coefficient (Wildman–Crippen LogP) is 5.42. The van der Waals surface area contributed by atoms with Gasteiger partial charge in [-0.2, -0.15) is 0 Å². The Morgan fingerprint density at radius 1 is 1.00 bits per heavy atom. The maximum atomic E-state index is 11.7. The lowest BCUT2D eigenvalue weighted by molar-refractivity contribution is 0.0936. The van der Waals surface area contributed by atoms with E-state index in [0.29, 0.717) is 0 Å². The van der Waals surface area contributed by atoms with Crippen LogP contribution in [0.25, 0.3) is 0 Å². The van der Waals surface area contributed by atoms with Gasteiger partial charge in [-0.25, -0.2) is 13.6 Å². The van der Waals surface area contributed by atoms with Crippen LogP contribution in [0.3, 0.4) is 0 Å². The molecule has 0 fully saturated rings. The standard InChI is InChI=1S/C8H13Cl6O4P/c1-3-5(9)7(11,12)17-19(15,16)18-8(13,14)6(10)4-2/h5-6H,3-4H2,1-2H3,(H,15,16). The van der Waals surface area contributed by atoms with E-state index in [1.807, 2.05) is 0 Å². The molecule has 1 N–H and O–H groups in total. The van der Waals surface area contributed by atoms with Crippen molar-refractivity contribution in [2.24, 2.45) is 0 Å². The molecule has 0 heterocycles. The summed E-state index contributed by atoms with van der Waals surface area (Å²) < 4.78 is 16.6. The van der Waals surface area contributed by atoms with Crippen LogP contribution in [0.4, 0.5) is 0 Å². The molecule has 0 aromatic heterocycles. The van der Waals surface area contributed by atoms with Crippen LogP contribution < -0.4 is 0 Å². The molecule has 0 saturated heterocycles. The van der Waals surface area contributed by atoms with E-state index in [-0.39, 0.29) is 12.8 Å². The van der Waals surface area contributed by atoms with Crippen LogP contribution in [0.15, 0.2) is 0 Å². The highest BCUT2D eigenvalue weighted by atomic mass is 35.5. The molecule has 0 aliphatic heterocycles. The average Bonchev–Trinajstić information content (AvgIpc) is 2.23. The highest BCUT2D eigenvalue weighted by Crippen LogP contribution is 2.57. The zero-order valence-corrected chi connectivity index (χ0v) is 15.4. The lowest BCUT2D eigenvalue weighted by atomic mass is 10.3. The lowest BCUT2D eigenvalue weighted by Crippen LogP contribution is -2.32. The third kappa shape index (κ3) is 7.10. The molecule has 0 aromatic carbocycles. The second kappa shape index (κ2) is 7.92. The number of alkyl halides is 6. The highest BCUT2D eigenvalue weighted by Gasteiger charge is 2.47. The maximum Gasteiger partial charge on any atom is 0.477 e. The van der Waals surface area contributed by atoms with Gasteiger partial charge in [0.15, 0.2) is 0 Å². The van der Waals surface area contributed by atoms with Gasteiger partial charge in [-0.1, -0.05) is 60.3 Å². The molecule has 0 bridgehead atoms. The van der Waals surface area contributed by atoms with Gasteiger partial charge in [-0.3, -0.25) is 0 Å². The first-order valence-corrected chi connectivity index (χ1v) is 9.04. The van der Waals surface area contributed by atoms with E-state index in [1.165, 1.54) is 0 Å². The second-order valence-electron chi connectivity index (χ2n) is 3.53. The largest absolute Gasteiger partial charge is 0.477 e. The van der Waals surface area contributed by atoms with Crippen molar-refractivity contribution in [3.8, 4) is 0 Å². The summed E-state index contributed by atoms with van der Waals surface area (Å²) in [4.78, 5) is 9.53. The molecule has 19 heavy (non-hydrogen) atoms. The van der Waals surface area contributed by atoms with Crippen LogP contribution >= 0.6 is 77.4 Å². The maximum absolute atomic E-state index is 11.7. The second-order valence-corrected chi connectivity index (χ2v) is 8.52. The minimum absolute atomic E-state index is 0.286. The number of halogens is 6. The van der Waals surface area contributed by atoms with Crippen molar-refractivity contribution in [3.05, 3.63) is 0 Å². The summed E-state index contributed by atoms with van der Waals surface area (Å²) in [5, 5.41) is -1.89. The van der Waals surface area contributed by atoms with Gasteiger partial charge in [-0.05, 0) is 12.8 Å². The lowest BCUT2D eigenvalue weighted by Gasteiger charge is -2.30. The van der Waals surface area contributed by atoms with Gasteiger partial charge >= 0.3 is 7.82 Å². The summed E-state index contributed by atoms with van der Waals surface area (Å²) in [5.74, 6) is 0. The number of hydrogen-bond donors (Lipinski definition) is 1. The number of phosphoric acid groups is 1. The Morgan fingerprint density at radius 3 is 1.47 bits per heavy atom. The van der Waals surface area contributed by atoms with Crippen molar-refractivity contribution in [3.63, 3.8) is 0 Å². The fraction of sp³-hybridized carbons (Fsp3) is 1.00. The third-order valence-electron chi connectivity index (χ3n) is 1.92. The van der Waals surface area contributed by atoms with Crippen molar-refractivity contribution in [1.29, 1.82) is 0 Å². The summed E-state index contributed by atoms with van der Waals surface area (Å²) in [5.41, 5.74) is 0. The Balaban J connectivity index is 4.87. The zero-order chi connectivity index (χ0) is 15.5. The molecule has 0 spiro atoms. The fourth-order valence-corrected chi connectivity index (χ4v) is 3.70. The van der Waals surface area contributed by atoms with Crippen molar-refractivity contribution in [2.45, 2.75) is 46.5 Å². The molecular formula is C8H13Cl6O4P. The van der Waals surface area contributed by atoms with E-state index < -0.39 is 27.6 Å². The molecule has 0 aromatic rings. The Hall–Kier alpha value is 1.85. The normalized spacial score (nSPS) is 19.8. The monoisotopic (exact) mass is 414 g/mol. The van der Waals surface area contributed by atoms with Gasteiger partial charge in [0.1, 0.15) is 0 Å². The Labute approximate surface area is 142 Å². The topological polar surface area (TPSA) is 55.8 Å². The van der Waals surface area contributed by atoms with Crippen molar-refractivity contribution in [1.82, 2.24) is 0 Å². The van der Waals surface area contributed by atoms with Crippen LogP contribution in [0.1, 0.15) is 26.7 Å². The van der Waals surface area contributed by atoms with E-state index in [2.05, 4.69) is 9.05 Å². The first-order valence-electron chi connectivity index (χ1n) is 5.16. The summed E-state index contributed by atoms with van der Waals surface area (Å²) in [6.45, 7) is 3.31. The van der Waals surface area contributed by atoms with Crippen molar-refractivity contribution >= 4 is 77.4 Å². The Bertz CT molecular complexity index is 311. The van der Waals surface area contributed by atoms with Gasteiger partial charge in [0.05, 0.1) is 10.8 Å². The molecular weight excluding hydrogens is 404 g/mol. The summed E-state index contributed by atoms with van der Waals surface area (Å²) in [6, 6.07) is 0. The minimum Gasteiger partial charge on any atom is -0.302 e. The number of rotatable bonds is 8. The van der Waals surface area contributed by atoms with E-state index >= 15 is 0 Å². The van der Waals surface area contributed by atoms with Crippen LogP contribution in [0.5, 0.6) is 0 Å². The molecule has 2 unspecified atom stereocenters. The first-order chi connectivity index (χ1) is 8.38. The molecule has 2 atom stereocenters. The fourth-order valence-electron chi connectivity index (χ4n) is 0.916. The van der Waals surface area contributed by atoms with E-state index in [1.54, 1.807) is 13.8 Å². The molecule has 0 aliphatic carbocycles. The van der Waals surface area contributed by atoms with Gasteiger partial charge in [0.2, 0.25) is 9.04 Å².